The maximum Gasteiger partial charge on any atom is 0.251 e. The van der Waals surface area contributed by atoms with Crippen LogP contribution in [0.1, 0.15) is 48.1 Å². The van der Waals surface area contributed by atoms with E-state index in [1.165, 1.54) is 0 Å². The fourth-order valence-corrected chi connectivity index (χ4v) is 3.93. The van der Waals surface area contributed by atoms with Crippen molar-refractivity contribution in [3.05, 3.63) is 34.4 Å². The summed E-state index contributed by atoms with van der Waals surface area (Å²) in [7, 11) is 0. The van der Waals surface area contributed by atoms with Crippen LogP contribution in [0.2, 0.25) is 0 Å². The van der Waals surface area contributed by atoms with E-state index in [1.54, 1.807) is 4.68 Å². The Balaban J connectivity index is 1.70. The van der Waals surface area contributed by atoms with E-state index >= 15 is 0 Å². The number of hydrogen-bond donors (Lipinski definition) is 1. The van der Waals surface area contributed by atoms with Gasteiger partial charge >= 0.3 is 0 Å². The summed E-state index contributed by atoms with van der Waals surface area (Å²) in [6.07, 6.45) is 2.54. The summed E-state index contributed by atoms with van der Waals surface area (Å²) in [5.41, 5.74) is 4.62. The fraction of sp³-hybridized carbons (Fsp3) is 0.619. The Bertz CT molecular complexity index is 815. The lowest BCUT2D eigenvalue weighted by molar-refractivity contribution is -0.131. The van der Waals surface area contributed by atoms with Crippen molar-refractivity contribution in [2.75, 3.05) is 26.2 Å². The van der Waals surface area contributed by atoms with Crippen molar-refractivity contribution >= 4 is 5.91 Å². The minimum Gasteiger partial charge on any atom is -0.342 e. The number of carbonyl (C=O) groups excluding carboxylic acids is 1. The molecule has 2 aromatic rings. The van der Waals surface area contributed by atoms with Crippen LogP contribution in [0, 0.1) is 33.6 Å². The van der Waals surface area contributed by atoms with Crippen LogP contribution >= 0.6 is 0 Å². The molecule has 28 heavy (non-hydrogen) atoms. The largest absolute Gasteiger partial charge is 0.342 e. The number of likely N-dealkylation sites (tertiary alicyclic amines) is 1. The standard InChI is InChI=1S/C21H32N6O/c1-6-22-13-18-7-9-26(10-8-18)20(28)12-19-16(4)25-27(17(19)5)21-23-14(2)11-15(3)24-21/h11,18,22H,6-10,12-13H2,1-5H3. The minimum atomic E-state index is 0.189. The Morgan fingerprint density at radius 2 is 1.79 bits per heavy atom. The molecule has 0 aliphatic carbocycles. The SMILES string of the molecule is CCNCC1CCN(C(=O)Cc2c(C)nn(-c3nc(C)cc(C)n3)c2C)CC1. The number of hydrogen-bond acceptors (Lipinski definition) is 5. The van der Waals surface area contributed by atoms with Crippen molar-refractivity contribution in [1.29, 1.82) is 0 Å². The van der Waals surface area contributed by atoms with E-state index in [0.717, 1.165) is 67.4 Å². The molecule has 0 radical (unpaired) electrons. The molecule has 0 spiro atoms. The monoisotopic (exact) mass is 384 g/mol. The normalized spacial score (nSPS) is 15.2. The molecule has 0 saturated carbocycles. The van der Waals surface area contributed by atoms with E-state index in [1.807, 2.05) is 38.7 Å². The van der Waals surface area contributed by atoms with Crippen LogP contribution in [0.15, 0.2) is 6.07 Å². The van der Waals surface area contributed by atoms with Gasteiger partial charge in [0.25, 0.3) is 5.95 Å². The van der Waals surface area contributed by atoms with E-state index in [0.29, 0.717) is 18.3 Å². The Morgan fingerprint density at radius 3 is 2.39 bits per heavy atom. The molecule has 1 fully saturated rings. The van der Waals surface area contributed by atoms with Crippen LogP contribution in [0.5, 0.6) is 0 Å². The maximum atomic E-state index is 12.9. The molecular weight excluding hydrogens is 352 g/mol. The third-order valence-electron chi connectivity index (χ3n) is 5.58. The van der Waals surface area contributed by atoms with E-state index in [9.17, 15) is 4.79 Å². The maximum absolute atomic E-state index is 12.9. The van der Waals surface area contributed by atoms with Gasteiger partial charge in [0.2, 0.25) is 5.91 Å². The summed E-state index contributed by atoms with van der Waals surface area (Å²) in [5.74, 6) is 1.44. The number of rotatable bonds is 6. The molecule has 1 aliphatic heterocycles. The van der Waals surface area contributed by atoms with Crippen molar-refractivity contribution in [3.63, 3.8) is 0 Å². The lowest BCUT2D eigenvalue weighted by atomic mass is 9.96. The zero-order valence-corrected chi connectivity index (χ0v) is 17.7. The van der Waals surface area contributed by atoms with Gasteiger partial charge in [0.1, 0.15) is 0 Å². The molecule has 7 heteroatoms. The van der Waals surface area contributed by atoms with Crippen LogP contribution in [0.25, 0.3) is 5.95 Å². The van der Waals surface area contributed by atoms with Gasteiger partial charge in [0, 0.05) is 35.7 Å². The number of nitrogens with one attached hydrogen (secondary N) is 1. The summed E-state index contributed by atoms with van der Waals surface area (Å²) >= 11 is 0. The molecule has 1 saturated heterocycles. The molecule has 3 heterocycles. The highest BCUT2D eigenvalue weighted by atomic mass is 16.2. The van der Waals surface area contributed by atoms with Gasteiger partial charge < -0.3 is 10.2 Å². The summed E-state index contributed by atoms with van der Waals surface area (Å²) < 4.78 is 1.76. The molecule has 7 nitrogen and oxygen atoms in total. The molecule has 3 rings (SSSR count). The highest BCUT2D eigenvalue weighted by Gasteiger charge is 2.25. The average Bonchev–Trinajstić information content (AvgIpc) is 2.94. The molecule has 1 aliphatic rings. The molecule has 152 valence electrons. The highest BCUT2D eigenvalue weighted by molar-refractivity contribution is 5.79. The molecule has 1 N–H and O–H groups in total. The lowest BCUT2D eigenvalue weighted by Gasteiger charge is -2.32. The van der Waals surface area contributed by atoms with Crippen LogP contribution in [-0.2, 0) is 11.2 Å². The second kappa shape index (κ2) is 8.82. The Morgan fingerprint density at radius 1 is 1.14 bits per heavy atom. The predicted octanol–water partition coefficient (Wildman–Crippen LogP) is 2.29. The molecule has 0 unspecified atom stereocenters. The first-order chi connectivity index (χ1) is 13.4. The third-order valence-corrected chi connectivity index (χ3v) is 5.58. The molecule has 0 atom stereocenters. The van der Waals surface area contributed by atoms with Crippen LogP contribution in [-0.4, -0.2) is 56.7 Å². The molecule has 0 aromatic carbocycles. The van der Waals surface area contributed by atoms with Crippen molar-refractivity contribution in [2.24, 2.45) is 5.92 Å². The van der Waals surface area contributed by atoms with Gasteiger partial charge in [-0.05, 0) is 65.6 Å². The lowest BCUT2D eigenvalue weighted by Crippen LogP contribution is -2.41. The van der Waals surface area contributed by atoms with Crippen LogP contribution in [0.4, 0.5) is 0 Å². The zero-order chi connectivity index (χ0) is 20.3. The number of nitrogens with zero attached hydrogens (tertiary/aromatic N) is 5. The Kier molecular flexibility index (Phi) is 6.44. The van der Waals surface area contributed by atoms with Gasteiger partial charge in [-0.1, -0.05) is 6.92 Å². The topological polar surface area (TPSA) is 75.9 Å². The van der Waals surface area contributed by atoms with Gasteiger partial charge in [-0.25, -0.2) is 14.6 Å². The van der Waals surface area contributed by atoms with Crippen LogP contribution in [0.3, 0.4) is 0 Å². The molecular formula is C21H32N6O. The Hall–Kier alpha value is -2.28. The molecule has 2 aromatic heterocycles. The number of piperidine rings is 1. The van der Waals surface area contributed by atoms with Gasteiger partial charge in [-0.15, -0.1) is 0 Å². The van der Waals surface area contributed by atoms with Gasteiger partial charge in [0.15, 0.2) is 0 Å². The van der Waals surface area contributed by atoms with E-state index in [-0.39, 0.29) is 5.91 Å². The van der Waals surface area contributed by atoms with E-state index in [2.05, 4.69) is 27.3 Å². The first-order valence-electron chi connectivity index (χ1n) is 10.2. The minimum absolute atomic E-state index is 0.189. The fourth-order valence-electron chi connectivity index (χ4n) is 3.93. The predicted molar refractivity (Wildman–Crippen MR) is 110 cm³/mol. The first-order valence-corrected chi connectivity index (χ1v) is 10.2. The van der Waals surface area contributed by atoms with Gasteiger partial charge in [-0.3, -0.25) is 4.79 Å². The van der Waals surface area contributed by atoms with E-state index < -0.39 is 0 Å². The van der Waals surface area contributed by atoms with Crippen LogP contribution < -0.4 is 5.32 Å². The zero-order valence-electron chi connectivity index (χ0n) is 17.7. The van der Waals surface area contributed by atoms with Crippen molar-refractivity contribution < 1.29 is 4.79 Å². The van der Waals surface area contributed by atoms with Gasteiger partial charge in [0.05, 0.1) is 12.1 Å². The number of amides is 1. The number of aromatic nitrogens is 4. The van der Waals surface area contributed by atoms with Crippen molar-refractivity contribution in [1.82, 2.24) is 30.0 Å². The summed E-state index contributed by atoms with van der Waals surface area (Å²) in [5, 5.41) is 8.04. The molecule has 1 amide bonds. The summed E-state index contributed by atoms with van der Waals surface area (Å²) in [4.78, 5) is 23.9. The quantitative estimate of drug-likeness (QED) is 0.827. The second-order valence-corrected chi connectivity index (χ2v) is 7.82. The smallest absolute Gasteiger partial charge is 0.251 e. The first kappa shape index (κ1) is 20.5. The number of aryl methyl sites for hydroxylation is 3. The summed E-state index contributed by atoms with van der Waals surface area (Å²) in [6, 6.07) is 1.94. The number of carbonyl (C=O) groups is 1. The van der Waals surface area contributed by atoms with E-state index in [4.69, 9.17) is 0 Å². The van der Waals surface area contributed by atoms with Crippen molar-refractivity contribution in [2.45, 2.75) is 53.9 Å². The van der Waals surface area contributed by atoms with Gasteiger partial charge in [-0.2, -0.15) is 5.10 Å². The Labute approximate surface area is 167 Å². The average molecular weight is 385 g/mol. The van der Waals surface area contributed by atoms with Crippen molar-refractivity contribution in [3.8, 4) is 5.95 Å². The third kappa shape index (κ3) is 4.58. The summed E-state index contributed by atoms with van der Waals surface area (Å²) in [6.45, 7) is 13.7. The second-order valence-electron chi connectivity index (χ2n) is 7.82. The highest BCUT2D eigenvalue weighted by Crippen LogP contribution is 2.21. The molecule has 0 bridgehead atoms.